The number of halogens is 1. The van der Waals surface area contributed by atoms with Crippen molar-refractivity contribution in [2.45, 2.75) is 13.0 Å². The molecular formula is C20H17FN2O4. The van der Waals surface area contributed by atoms with Gasteiger partial charge in [-0.3, -0.25) is 0 Å². The number of hydrogen-bond donors (Lipinski definition) is 0. The SMILES string of the molecule is COc1ccc(-c2nnc([C@@H](C)OC(=O)/C=C/c3cccc(F)c3)o2)cc1. The maximum atomic E-state index is 13.1. The summed E-state index contributed by atoms with van der Waals surface area (Å²) >= 11 is 0. The first-order chi connectivity index (χ1) is 13.0. The molecule has 0 aliphatic carbocycles. The Morgan fingerprint density at radius 2 is 1.96 bits per heavy atom. The lowest BCUT2D eigenvalue weighted by Crippen LogP contribution is -2.06. The van der Waals surface area contributed by atoms with Crippen LogP contribution in [0.25, 0.3) is 17.5 Å². The van der Waals surface area contributed by atoms with Crippen LogP contribution in [0.5, 0.6) is 5.75 Å². The van der Waals surface area contributed by atoms with Gasteiger partial charge < -0.3 is 13.9 Å². The van der Waals surface area contributed by atoms with Crippen LogP contribution < -0.4 is 4.74 Å². The van der Waals surface area contributed by atoms with Gasteiger partial charge in [-0.25, -0.2) is 9.18 Å². The second-order valence-corrected chi connectivity index (χ2v) is 5.64. The summed E-state index contributed by atoms with van der Waals surface area (Å²) in [6.45, 7) is 1.62. The lowest BCUT2D eigenvalue weighted by atomic mass is 10.2. The van der Waals surface area contributed by atoms with Gasteiger partial charge in [-0.05, 0) is 55.0 Å². The summed E-state index contributed by atoms with van der Waals surface area (Å²) in [7, 11) is 1.58. The fourth-order valence-electron chi connectivity index (χ4n) is 2.29. The molecule has 0 N–H and O–H groups in total. The van der Waals surface area contributed by atoms with E-state index in [1.54, 1.807) is 50.4 Å². The van der Waals surface area contributed by atoms with Gasteiger partial charge in [0.1, 0.15) is 11.6 Å². The standard InChI is InChI=1S/C20H17FN2O4/c1-13(26-18(24)11-6-14-4-3-5-16(21)12-14)19-22-23-20(27-19)15-7-9-17(25-2)10-8-15/h3-13H,1-2H3/b11-6+/t13-/m1/s1. The molecule has 1 aromatic heterocycles. The molecule has 138 valence electrons. The Kier molecular flexibility index (Phi) is 5.61. The molecule has 0 bridgehead atoms. The van der Waals surface area contributed by atoms with Crippen molar-refractivity contribution in [2.24, 2.45) is 0 Å². The van der Waals surface area contributed by atoms with E-state index in [1.807, 2.05) is 0 Å². The number of carbonyl (C=O) groups is 1. The zero-order valence-electron chi connectivity index (χ0n) is 14.8. The average molecular weight is 368 g/mol. The zero-order valence-corrected chi connectivity index (χ0v) is 14.8. The van der Waals surface area contributed by atoms with Crippen LogP contribution in [0.3, 0.4) is 0 Å². The monoisotopic (exact) mass is 368 g/mol. The number of rotatable bonds is 6. The fourth-order valence-corrected chi connectivity index (χ4v) is 2.29. The normalized spacial score (nSPS) is 12.1. The van der Waals surface area contributed by atoms with Gasteiger partial charge in [0.25, 0.3) is 5.89 Å². The maximum absolute atomic E-state index is 13.1. The van der Waals surface area contributed by atoms with Crippen molar-refractivity contribution in [3.63, 3.8) is 0 Å². The number of methoxy groups -OCH3 is 1. The molecule has 0 saturated carbocycles. The van der Waals surface area contributed by atoms with Gasteiger partial charge in [0.15, 0.2) is 6.10 Å². The third-order valence-electron chi connectivity index (χ3n) is 3.68. The minimum absolute atomic E-state index is 0.174. The predicted octanol–water partition coefficient (Wildman–Crippen LogP) is 4.20. The van der Waals surface area contributed by atoms with Gasteiger partial charge >= 0.3 is 5.97 Å². The van der Waals surface area contributed by atoms with E-state index < -0.39 is 12.1 Å². The summed E-state index contributed by atoms with van der Waals surface area (Å²) in [6.07, 6.45) is 1.95. The molecule has 6 nitrogen and oxygen atoms in total. The van der Waals surface area contributed by atoms with Crippen LogP contribution >= 0.6 is 0 Å². The van der Waals surface area contributed by atoms with E-state index in [0.29, 0.717) is 17.2 Å². The molecule has 27 heavy (non-hydrogen) atoms. The molecule has 1 heterocycles. The highest BCUT2D eigenvalue weighted by molar-refractivity contribution is 5.87. The molecule has 0 aliphatic rings. The highest BCUT2D eigenvalue weighted by Crippen LogP contribution is 2.24. The van der Waals surface area contributed by atoms with Gasteiger partial charge in [-0.1, -0.05) is 12.1 Å². The molecule has 7 heteroatoms. The number of hydrogen-bond acceptors (Lipinski definition) is 6. The van der Waals surface area contributed by atoms with Crippen LogP contribution in [0.2, 0.25) is 0 Å². The Labute approximate surface area is 155 Å². The fraction of sp³-hybridized carbons (Fsp3) is 0.150. The third kappa shape index (κ3) is 4.78. The zero-order chi connectivity index (χ0) is 19.2. The largest absolute Gasteiger partial charge is 0.497 e. The van der Waals surface area contributed by atoms with E-state index in [1.165, 1.54) is 24.3 Å². The van der Waals surface area contributed by atoms with Crippen molar-refractivity contribution in [3.05, 3.63) is 71.9 Å². The second kappa shape index (κ2) is 8.27. The molecule has 0 unspecified atom stereocenters. The Bertz CT molecular complexity index is 951. The van der Waals surface area contributed by atoms with Gasteiger partial charge in [0.05, 0.1) is 7.11 Å². The van der Waals surface area contributed by atoms with Crippen LogP contribution in [-0.2, 0) is 9.53 Å². The molecule has 0 aliphatic heterocycles. The van der Waals surface area contributed by atoms with E-state index in [4.69, 9.17) is 13.9 Å². The van der Waals surface area contributed by atoms with Crippen molar-refractivity contribution in [3.8, 4) is 17.2 Å². The smallest absolute Gasteiger partial charge is 0.331 e. The number of carbonyl (C=O) groups excluding carboxylic acids is 1. The minimum Gasteiger partial charge on any atom is -0.497 e. The van der Waals surface area contributed by atoms with Crippen LogP contribution in [-0.4, -0.2) is 23.3 Å². The lowest BCUT2D eigenvalue weighted by molar-refractivity contribution is -0.143. The van der Waals surface area contributed by atoms with Gasteiger partial charge in [0, 0.05) is 11.6 Å². The summed E-state index contributed by atoms with van der Waals surface area (Å²) in [5, 5.41) is 7.88. The summed E-state index contributed by atoms with van der Waals surface area (Å²) in [5.41, 5.74) is 1.28. The van der Waals surface area contributed by atoms with Crippen molar-refractivity contribution < 1.29 is 23.1 Å². The van der Waals surface area contributed by atoms with Crippen molar-refractivity contribution in [2.75, 3.05) is 7.11 Å². The van der Waals surface area contributed by atoms with Crippen molar-refractivity contribution in [1.82, 2.24) is 10.2 Å². The topological polar surface area (TPSA) is 74.5 Å². The first-order valence-electron chi connectivity index (χ1n) is 8.17. The van der Waals surface area contributed by atoms with E-state index in [2.05, 4.69) is 10.2 Å². The van der Waals surface area contributed by atoms with E-state index in [9.17, 15) is 9.18 Å². The van der Waals surface area contributed by atoms with Crippen molar-refractivity contribution >= 4 is 12.0 Å². The Morgan fingerprint density at radius 1 is 1.19 bits per heavy atom. The predicted molar refractivity (Wildman–Crippen MR) is 96.2 cm³/mol. The maximum Gasteiger partial charge on any atom is 0.331 e. The van der Waals surface area contributed by atoms with Gasteiger partial charge in [-0.15, -0.1) is 10.2 Å². The molecule has 0 fully saturated rings. The molecule has 0 radical (unpaired) electrons. The summed E-state index contributed by atoms with van der Waals surface area (Å²) < 4.78 is 29.0. The molecule has 0 amide bonds. The van der Waals surface area contributed by atoms with Crippen LogP contribution in [0.1, 0.15) is 24.5 Å². The quantitative estimate of drug-likeness (QED) is 0.479. The first-order valence-corrected chi connectivity index (χ1v) is 8.17. The van der Waals surface area contributed by atoms with Crippen LogP contribution in [0, 0.1) is 5.82 Å². The van der Waals surface area contributed by atoms with E-state index in [-0.39, 0.29) is 11.7 Å². The second-order valence-electron chi connectivity index (χ2n) is 5.64. The molecular weight excluding hydrogens is 351 g/mol. The van der Waals surface area contributed by atoms with E-state index >= 15 is 0 Å². The lowest BCUT2D eigenvalue weighted by Gasteiger charge is -2.06. The summed E-state index contributed by atoms with van der Waals surface area (Å²) in [4.78, 5) is 11.9. The molecule has 3 aromatic rings. The summed E-state index contributed by atoms with van der Waals surface area (Å²) in [6, 6.07) is 13.0. The van der Waals surface area contributed by atoms with Crippen molar-refractivity contribution in [1.29, 1.82) is 0 Å². The third-order valence-corrected chi connectivity index (χ3v) is 3.68. The average Bonchev–Trinajstić information content (AvgIpc) is 3.17. The van der Waals surface area contributed by atoms with E-state index in [0.717, 1.165) is 5.56 Å². The molecule has 0 spiro atoms. The Hall–Kier alpha value is -3.48. The molecule has 0 saturated heterocycles. The van der Waals surface area contributed by atoms with Gasteiger partial charge in [0.2, 0.25) is 5.89 Å². The number of ether oxygens (including phenoxy) is 2. The van der Waals surface area contributed by atoms with Crippen LogP contribution in [0.15, 0.2) is 59.0 Å². The first kappa shape index (κ1) is 18.3. The number of esters is 1. The summed E-state index contributed by atoms with van der Waals surface area (Å²) in [5.74, 6) is 0.219. The molecule has 2 aromatic carbocycles. The Morgan fingerprint density at radius 3 is 2.67 bits per heavy atom. The number of benzene rings is 2. The molecule has 1 atom stereocenters. The van der Waals surface area contributed by atoms with Crippen LogP contribution in [0.4, 0.5) is 4.39 Å². The minimum atomic E-state index is -0.728. The number of nitrogens with zero attached hydrogens (tertiary/aromatic N) is 2. The molecule has 3 rings (SSSR count). The Balaban J connectivity index is 1.63. The highest BCUT2D eigenvalue weighted by atomic mass is 19.1. The highest BCUT2D eigenvalue weighted by Gasteiger charge is 2.18. The number of aromatic nitrogens is 2. The van der Waals surface area contributed by atoms with Gasteiger partial charge in [-0.2, -0.15) is 0 Å².